The molecule has 240 valence electrons. The Labute approximate surface area is 266 Å². The van der Waals surface area contributed by atoms with E-state index in [4.69, 9.17) is 25.6 Å². The second-order valence-corrected chi connectivity index (χ2v) is 13.2. The molecule has 46 heavy (non-hydrogen) atoms. The topological polar surface area (TPSA) is 104 Å². The number of nitrogens with zero attached hydrogens (tertiary/aromatic N) is 3. The minimum Gasteiger partial charge on any atom is -0.497 e. The molecule has 0 amide bonds. The summed E-state index contributed by atoms with van der Waals surface area (Å²) in [5, 5.41) is 4.48. The molecule has 0 saturated heterocycles. The van der Waals surface area contributed by atoms with Crippen molar-refractivity contribution in [2.75, 3.05) is 18.5 Å². The van der Waals surface area contributed by atoms with E-state index in [2.05, 4.69) is 5.16 Å². The van der Waals surface area contributed by atoms with Crippen LogP contribution < -0.4 is 19.3 Å². The molecule has 5 aromatic rings. The van der Waals surface area contributed by atoms with Gasteiger partial charge in [-0.2, -0.15) is 13.2 Å². The third kappa shape index (κ3) is 5.80. The highest BCUT2D eigenvalue weighted by atomic mass is 35.5. The Bertz CT molecular complexity index is 2060. The first kappa shape index (κ1) is 31.5. The molecule has 2 heterocycles. The van der Waals surface area contributed by atoms with Gasteiger partial charge >= 0.3 is 6.18 Å². The lowest BCUT2D eigenvalue weighted by Crippen LogP contribution is -2.34. The number of rotatable bonds is 9. The molecule has 0 N–H and O–H groups in total. The molecular weight excluding hydrogens is 647 g/mol. The minimum atomic E-state index is -4.27. The van der Waals surface area contributed by atoms with Crippen molar-refractivity contribution in [2.45, 2.75) is 36.4 Å². The van der Waals surface area contributed by atoms with Crippen LogP contribution >= 0.6 is 11.6 Å². The molecule has 9 nitrogen and oxygen atoms in total. The fourth-order valence-corrected chi connectivity index (χ4v) is 7.37. The van der Waals surface area contributed by atoms with Gasteiger partial charge < -0.3 is 14.0 Å². The summed E-state index contributed by atoms with van der Waals surface area (Å²) >= 11 is 6.58. The summed E-state index contributed by atoms with van der Waals surface area (Å²) < 4.78 is 85.5. The van der Waals surface area contributed by atoms with Crippen LogP contribution in [0.1, 0.15) is 29.9 Å². The fourth-order valence-electron chi connectivity index (χ4n) is 5.63. The maximum Gasteiger partial charge on any atom is 0.391 e. The average Bonchev–Trinajstić information content (AvgIpc) is 3.53. The molecule has 6 rings (SSSR count). The summed E-state index contributed by atoms with van der Waals surface area (Å²) in [5.41, 5.74) is 1.35. The summed E-state index contributed by atoms with van der Waals surface area (Å²) in [4.78, 5) is 13.2. The number of alkyl halides is 3. The van der Waals surface area contributed by atoms with Crippen LogP contribution in [0.3, 0.4) is 0 Å². The Hall–Kier alpha value is -4.49. The van der Waals surface area contributed by atoms with E-state index >= 15 is 0 Å². The Morgan fingerprint density at radius 2 is 1.74 bits per heavy atom. The van der Waals surface area contributed by atoms with E-state index < -0.39 is 33.6 Å². The van der Waals surface area contributed by atoms with Crippen molar-refractivity contribution in [3.63, 3.8) is 0 Å². The van der Waals surface area contributed by atoms with Crippen molar-refractivity contribution >= 4 is 38.3 Å². The largest absolute Gasteiger partial charge is 0.497 e. The molecule has 1 saturated carbocycles. The van der Waals surface area contributed by atoms with Gasteiger partial charge in [0.25, 0.3) is 15.6 Å². The van der Waals surface area contributed by atoms with Gasteiger partial charge in [0.05, 0.1) is 42.8 Å². The van der Waals surface area contributed by atoms with Crippen LogP contribution in [0.25, 0.3) is 16.6 Å². The predicted octanol–water partition coefficient (Wildman–Crippen LogP) is 7.10. The van der Waals surface area contributed by atoms with Crippen molar-refractivity contribution < 1.29 is 35.6 Å². The molecule has 0 atom stereocenters. The van der Waals surface area contributed by atoms with Gasteiger partial charge in [0, 0.05) is 22.5 Å². The molecule has 1 aliphatic carbocycles. The maximum absolute atomic E-state index is 14.0. The molecule has 0 spiro atoms. The van der Waals surface area contributed by atoms with E-state index in [0.29, 0.717) is 27.8 Å². The Balaban J connectivity index is 1.38. The number of sulfonamides is 1. The van der Waals surface area contributed by atoms with E-state index in [9.17, 15) is 26.4 Å². The van der Waals surface area contributed by atoms with Crippen LogP contribution in [0, 0.1) is 5.92 Å². The maximum atomic E-state index is 14.0. The molecule has 14 heteroatoms. The second-order valence-electron chi connectivity index (χ2n) is 10.9. The summed E-state index contributed by atoms with van der Waals surface area (Å²) in [6.07, 6.45) is -3.16. The first-order valence-corrected chi connectivity index (χ1v) is 15.9. The minimum absolute atomic E-state index is 0.0524. The van der Waals surface area contributed by atoms with Crippen LogP contribution in [-0.4, -0.2) is 38.5 Å². The molecule has 2 aromatic heterocycles. The summed E-state index contributed by atoms with van der Waals surface area (Å²) in [6, 6.07) is 18.5. The molecule has 1 fully saturated rings. The third-order valence-electron chi connectivity index (χ3n) is 8.20. The monoisotopic (exact) mass is 673 g/mol. The smallest absolute Gasteiger partial charge is 0.391 e. The van der Waals surface area contributed by atoms with Crippen LogP contribution in [0.4, 0.5) is 19.0 Å². The van der Waals surface area contributed by atoms with Crippen LogP contribution in [0.2, 0.25) is 5.02 Å². The third-order valence-corrected chi connectivity index (χ3v) is 10.3. The average molecular weight is 674 g/mol. The molecule has 1 aliphatic rings. The number of methoxy groups -OCH3 is 2. The molecular formula is C32H27ClF3N3O6S. The van der Waals surface area contributed by atoms with E-state index in [1.807, 2.05) is 0 Å². The number of hydrogen-bond donors (Lipinski definition) is 0. The number of fused-ring (bicyclic) bond motifs is 1. The number of ether oxygens (including phenoxy) is 2. The molecule has 3 aromatic carbocycles. The molecule has 0 radical (unpaired) electrons. The quantitative estimate of drug-likeness (QED) is 0.164. The van der Waals surface area contributed by atoms with Crippen molar-refractivity contribution in [3.8, 4) is 17.2 Å². The van der Waals surface area contributed by atoms with E-state index in [1.165, 1.54) is 67.5 Å². The van der Waals surface area contributed by atoms with Crippen LogP contribution in [0.5, 0.6) is 11.5 Å². The Morgan fingerprint density at radius 1 is 1.00 bits per heavy atom. The van der Waals surface area contributed by atoms with Gasteiger partial charge in [0.15, 0.2) is 5.82 Å². The lowest BCUT2D eigenvalue weighted by atomic mass is 9.71. The first-order valence-electron chi connectivity index (χ1n) is 14.1. The standard InChI is InChI=1S/C32H27ClF3N3O6S/c1-43-23-6-3-19(4-7-23)18-38(30-11-12-45-37-30)46(41,42)24-8-9-27-20(15-24)5-10-31(40)39(27)28-17-26(33)25(16-29(28)44-2)21-13-22(14-21)32(34,35)36/h3-12,15-17,21-22H,13-14,18H2,1-2H3. The van der Waals surface area contributed by atoms with Gasteiger partial charge in [-0.25, -0.2) is 12.7 Å². The highest BCUT2D eigenvalue weighted by Crippen LogP contribution is 2.51. The number of benzene rings is 3. The molecule has 0 bridgehead atoms. The molecule has 0 unspecified atom stereocenters. The highest BCUT2D eigenvalue weighted by Gasteiger charge is 2.48. The van der Waals surface area contributed by atoms with Gasteiger partial charge in [-0.15, -0.1) is 0 Å². The first-order chi connectivity index (χ1) is 21.9. The van der Waals surface area contributed by atoms with Crippen molar-refractivity contribution in [3.05, 3.63) is 106 Å². The lowest BCUT2D eigenvalue weighted by molar-refractivity contribution is -0.197. The summed E-state index contributed by atoms with van der Waals surface area (Å²) in [7, 11) is -1.28. The number of pyridine rings is 1. The number of hydrogen-bond acceptors (Lipinski definition) is 7. The number of halogens is 4. The predicted molar refractivity (Wildman–Crippen MR) is 165 cm³/mol. The second kappa shape index (κ2) is 12.0. The van der Waals surface area contributed by atoms with Crippen molar-refractivity contribution in [2.24, 2.45) is 5.92 Å². The lowest BCUT2D eigenvalue weighted by Gasteiger charge is -2.37. The fraction of sp³-hybridized carbons (Fsp3) is 0.250. The van der Waals surface area contributed by atoms with Crippen molar-refractivity contribution in [1.82, 2.24) is 9.72 Å². The van der Waals surface area contributed by atoms with E-state index in [1.54, 1.807) is 30.3 Å². The van der Waals surface area contributed by atoms with E-state index in [-0.39, 0.29) is 46.6 Å². The van der Waals surface area contributed by atoms with Gasteiger partial charge in [0.2, 0.25) is 0 Å². The number of aromatic nitrogens is 2. The Morgan fingerprint density at radius 3 is 2.37 bits per heavy atom. The van der Waals surface area contributed by atoms with E-state index in [0.717, 1.165) is 4.31 Å². The molecule has 0 aliphatic heterocycles. The summed E-state index contributed by atoms with van der Waals surface area (Å²) in [5.74, 6) is -0.858. The number of anilines is 1. The zero-order valence-corrected chi connectivity index (χ0v) is 26.1. The normalized spacial score (nSPS) is 16.7. The zero-order valence-electron chi connectivity index (χ0n) is 24.5. The van der Waals surface area contributed by atoms with Crippen molar-refractivity contribution in [1.29, 1.82) is 0 Å². The van der Waals surface area contributed by atoms with Gasteiger partial charge in [-0.3, -0.25) is 9.36 Å². The Kier molecular flexibility index (Phi) is 8.23. The van der Waals surface area contributed by atoms with Gasteiger partial charge in [-0.1, -0.05) is 28.9 Å². The zero-order chi connectivity index (χ0) is 32.8. The highest BCUT2D eigenvalue weighted by molar-refractivity contribution is 7.92. The van der Waals surface area contributed by atoms with Crippen LogP contribution in [0.15, 0.2) is 93.3 Å². The SMILES string of the molecule is COc1ccc(CN(c2ccon2)S(=O)(=O)c2ccc3c(ccc(=O)n3-c3cc(Cl)c(C4CC(C(F)(F)F)C4)cc3OC)c2)cc1. The van der Waals surface area contributed by atoms with Crippen LogP contribution in [-0.2, 0) is 16.6 Å². The van der Waals surface area contributed by atoms with Gasteiger partial charge in [-0.05, 0) is 78.4 Å². The van der Waals surface area contributed by atoms with Gasteiger partial charge in [0.1, 0.15) is 17.8 Å². The summed E-state index contributed by atoms with van der Waals surface area (Å²) in [6.45, 7) is -0.0524.